The smallest absolute Gasteiger partial charge is 0.250 e. The Morgan fingerprint density at radius 1 is 1.30 bits per heavy atom. The highest BCUT2D eigenvalue weighted by atomic mass is 16.5. The summed E-state index contributed by atoms with van der Waals surface area (Å²) >= 11 is 0. The number of nitrogens with zero attached hydrogens (tertiary/aromatic N) is 1. The van der Waals surface area contributed by atoms with Crippen molar-refractivity contribution in [1.29, 1.82) is 0 Å². The van der Waals surface area contributed by atoms with Crippen molar-refractivity contribution in [1.82, 2.24) is 5.32 Å². The minimum Gasteiger partial charge on any atom is -0.497 e. The first-order valence-corrected chi connectivity index (χ1v) is 6.85. The number of anilines is 1. The van der Waals surface area contributed by atoms with Gasteiger partial charge in [-0.05, 0) is 49.4 Å². The number of carbonyl (C=O) groups excluding carboxylic acids is 2. The lowest BCUT2D eigenvalue weighted by molar-refractivity contribution is -0.131. The molecule has 1 saturated heterocycles. The van der Waals surface area contributed by atoms with Crippen molar-refractivity contribution in [2.45, 2.75) is 25.8 Å². The van der Waals surface area contributed by atoms with Crippen LogP contribution in [0, 0.1) is 12.8 Å². The van der Waals surface area contributed by atoms with Crippen LogP contribution in [0.5, 0.6) is 5.75 Å². The molecule has 1 heterocycles. The molecule has 0 radical (unpaired) electrons. The molecule has 0 bridgehead atoms. The standard InChI is InChI=1S/C15H18N2O3/c1-9-7-11(20-2)5-6-12(9)17-8-13(18)16-14(15(17)19)10-3-4-10/h5-7,10,14H,3-4,8H2,1-2H3,(H,16,18). The molecule has 1 aromatic carbocycles. The predicted molar refractivity (Wildman–Crippen MR) is 74.7 cm³/mol. The molecule has 0 spiro atoms. The summed E-state index contributed by atoms with van der Waals surface area (Å²) in [4.78, 5) is 26.0. The molecule has 2 fully saturated rings. The Labute approximate surface area is 117 Å². The van der Waals surface area contributed by atoms with Gasteiger partial charge in [0, 0.05) is 5.69 Å². The summed E-state index contributed by atoms with van der Waals surface area (Å²) in [6.45, 7) is 2.01. The van der Waals surface area contributed by atoms with Crippen molar-refractivity contribution in [2.24, 2.45) is 5.92 Å². The van der Waals surface area contributed by atoms with Crippen LogP contribution in [0.15, 0.2) is 18.2 Å². The fourth-order valence-electron chi connectivity index (χ4n) is 2.68. The molecule has 0 aromatic heterocycles. The zero-order chi connectivity index (χ0) is 14.3. The minimum absolute atomic E-state index is 0.000340. The Morgan fingerprint density at radius 2 is 2.05 bits per heavy atom. The van der Waals surface area contributed by atoms with E-state index >= 15 is 0 Å². The topological polar surface area (TPSA) is 58.6 Å². The summed E-state index contributed by atoms with van der Waals surface area (Å²) in [5.41, 5.74) is 1.72. The van der Waals surface area contributed by atoms with Gasteiger partial charge < -0.3 is 15.0 Å². The van der Waals surface area contributed by atoms with Crippen LogP contribution in [0.4, 0.5) is 5.69 Å². The molecular weight excluding hydrogens is 256 g/mol. The van der Waals surface area contributed by atoms with E-state index in [1.54, 1.807) is 12.0 Å². The summed E-state index contributed by atoms with van der Waals surface area (Å²) in [6, 6.07) is 5.18. The second-order valence-electron chi connectivity index (χ2n) is 5.46. The Morgan fingerprint density at radius 3 is 2.65 bits per heavy atom. The van der Waals surface area contributed by atoms with E-state index < -0.39 is 0 Å². The van der Waals surface area contributed by atoms with Crippen molar-refractivity contribution < 1.29 is 14.3 Å². The molecule has 20 heavy (non-hydrogen) atoms. The van der Waals surface area contributed by atoms with Crippen molar-refractivity contribution in [3.8, 4) is 5.75 Å². The van der Waals surface area contributed by atoms with Gasteiger partial charge in [0.2, 0.25) is 11.8 Å². The molecule has 1 saturated carbocycles. The summed E-state index contributed by atoms with van der Waals surface area (Å²) < 4.78 is 5.17. The zero-order valence-electron chi connectivity index (χ0n) is 11.7. The van der Waals surface area contributed by atoms with E-state index in [1.165, 1.54) is 0 Å². The van der Waals surface area contributed by atoms with E-state index in [1.807, 2.05) is 25.1 Å². The van der Waals surface area contributed by atoms with Crippen molar-refractivity contribution in [3.63, 3.8) is 0 Å². The van der Waals surface area contributed by atoms with E-state index in [0.717, 1.165) is 29.8 Å². The summed E-state index contributed by atoms with van der Waals surface area (Å²) in [7, 11) is 1.61. The highest BCUT2D eigenvalue weighted by Gasteiger charge is 2.43. The SMILES string of the molecule is COc1ccc(N2CC(=O)NC(C3CC3)C2=O)c(C)c1. The van der Waals surface area contributed by atoms with Gasteiger partial charge in [-0.3, -0.25) is 9.59 Å². The van der Waals surface area contributed by atoms with Crippen molar-refractivity contribution in [3.05, 3.63) is 23.8 Å². The maximum atomic E-state index is 12.5. The molecule has 1 aliphatic heterocycles. The maximum absolute atomic E-state index is 12.5. The fraction of sp³-hybridized carbons (Fsp3) is 0.467. The first kappa shape index (κ1) is 13.0. The van der Waals surface area contributed by atoms with Gasteiger partial charge in [0.05, 0.1) is 7.11 Å². The van der Waals surface area contributed by atoms with Crippen LogP contribution in [-0.2, 0) is 9.59 Å². The number of rotatable bonds is 3. The number of carbonyl (C=O) groups is 2. The molecule has 106 valence electrons. The molecule has 1 aliphatic carbocycles. The van der Waals surface area contributed by atoms with Gasteiger partial charge in [-0.2, -0.15) is 0 Å². The largest absolute Gasteiger partial charge is 0.497 e. The lowest BCUT2D eigenvalue weighted by Gasteiger charge is -2.33. The lowest BCUT2D eigenvalue weighted by Crippen LogP contribution is -2.59. The fourth-order valence-corrected chi connectivity index (χ4v) is 2.68. The average molecular weight is 274 g/mol. The van der Waals surface area contributed by atoms with E-state index in [-0.39, 0.29) is 24.4 Å². The van der Waals surface area contributed by atoms with E-state index in [9.17, 15) is 9.59 Å². The van der Waals surface area contributed by atoms with E-state index in [2.05, 4.69) is 5.32 Å². The first-order valence-electron chi connectivity index (χ1n) is 6.85. The van der Waals surface area contributed by atoms with Crippen LogP contribution >= 0.6 is 0 Å². The minimum atomic E-state index is -0.349. The third-order valence-electron chi connectivity index (χ3n) is 3.94. The Hall–Kier alpha value is -2.04. The van der Waals surface area contributed by atoms with Crippen LogP contribution in [0.2, 0.25) is 0 Å². The number of piperazine rings is 1. The van der Waals surface area contributed by atoms with Gasteiger partial charge in [0.25, 0.3) is 0 Å². The highest BCUT2D eigenvalue weighted by molar-refractivity contribution is 6.07. The zero-order valence-corrected chi connectivity index (χ0v) is 11.7. The molecule has 3 rings (SSSR count). The van der Waals surface area contributed by atoms with Crippen LogP contribution < -0.4 is 15.0 Å². The van der Waals surface area contributed by atoms with E-state index in [4.69, 9.17) is 4.74 Å². The third-order valence-corrected chi connectivity index (χ3v) is 3.94. The monoisotopic (exact) mass is 274 g/mol. The molecule has 1 unspecified atom stereocenters. The van der Waals surface area contributed by atoms with Gasteiger partial charge in [-0.1, -0.05) is 0 Å². The summed E-state index contributed by atoms with van der Waals surface area (Å²) in [5.74, 6) is 0.976. The molecule has 1 atom stereocenters. The lowest BCUT2D eigenvalue weighted by atomic mass is 10.1. The molecular formula is C15H18N2O3. The number of hydrogen-bond acceptors (Lipinski definition) is 3. The van der Waals surface area contributed by atoms with Crippen LogP contribution in [0.1, 0.15) is 18.4 Å². The number of amides is 2. The van der Waals surface area contributed by atoms with Crippen LogP contribution in [0.25, 0.3) is 0 Å². The Bertz CT molecular complexity index is 566. The van der Waals surface area contributed by atoms with Gasteiger partial charge in [0.1, 0.15) is 18.3 Å². The quantitative estimate of drug-likeness (QED) is 0.902. The number of methoxy groups -OCH3 is 1. The molecule has 2 aliphatic rings. The van der Waals surface area contributed by atoms with Crippen molar-refractivity contribution in [2.75, 3.05) is 18.6 Å². The van der Waals surface area contributed by atoms with Crippen molar-refractivity contribution >= 4 is 17.5 Å². The molecule has 5 nitrogen and oxygen atoms in total. The Balaban J connectivity index is 1.91. The van der Waals surface area contributed by atoms with E-state index in [0.29, 0.717) is 5.92 Å². The first-order chi connectivity index (χ1) is 9.60. The Kier molecular flexibility index (Phi) is 3.12. The van der Waals surface area contributed by atoms with Crippen LogP contribution in [-0.4, -0.2) is 31.5 Å². The molecule has 5 heteroatoms. The molecule has 1 N–H and O–H groups in total. The average Bonchev–Trinajstić information content (AvgIpc) is 3.25. The highest BCUT2D eigenvalue weighted by Crippen LogP contribution is 2.36. The number of aryl methyl sites for hydroxylation is 1. The molecule has 2 amide bonds. The number of hydrogen-bond donors (Lipinski definition) is 1. The van der Waals surface area contributed by atoms with Gasteiger partial charge in [0.15, 0.2) is 0 Å². The summed E-state index contributed by atoms with van der Waals surface area (Å²) in [5, 5.41) is 2.81. The van der Waals surface area contributed by atoms with Gasteiger partial charge >= 0.3 is 0 Å². The van der Waals surface area contributed by atoms with Crippen LogP contribution in [0.3, 0.4) is 0 Å². The maximum Gasteiger partial charge on any atom is 0.250 e. The number of benzene rings is 1. The number of nitrogens with one attached hydrogen (secondary N) is 1. The third kappa shape index (κ3) is 2.24. The second-order valence-corrected chi connectivity index (χ2v) is 5.46. The second kappa shape index (κ2) is 4.81. The van der Waals surface area contributed by atoms with Gasteiger partial charge in [-0.25, -0.2) is 0 Å². The summed E-state index contributed by atoms with van der Waals surface area (Å²) in [6.07, 6.45) is 2.04. The number of ether oxygens (including phenoxy) is 1. The van der Waals surface area contributed by atoms with Gasteiger partial charge in [-0.15, -0.1) is 0 Å². The molecule has 1 aromatic rings. The predicted octanol–water partition coefficient (Wildman–Crippen LogP) is 1.25. The normalized spacial score (nSPS) is 22.7.